The molecule has 0 atom stereocenters. The smallest absolute Gasteiger partial charge is 0.141 e. The highest BCUT2D eigenvalue weighted by Gasteiger charge is 2.10. The molecule has 0 radical (unpaired) electrons. The van der Waals surface area contributed by atoms with Gasteiger partial charge < -0.3 is 0 Å². The lowest BCUT2D eigenvalue weighted by atomic mass is 10.1. The van der Waals surface area contributed by atoms with Crippen LogP contribution >= 0.6 is 23.1 Å². The molecular formula is C11H11FS2. The molecule has 0 saturated carbocycles. The first-order valence-electron chi connectivity index (χ1n) is 4.50. The van der Waals surface area contributed by atoms with Gasteiger partial charge in [-0.2, -0.15) is 0 Å². The topological polar surface area (TPSA) is 0 Å². The molecule has 2 rings (SSSR count). The minimum absolute atomic E-state index is 0.0945. The molecule has 74 valence electrons. The van der Waals surface area contributed by atoms with Crippen LogP contribution in [0.15, 0.2) is 22.4 Å². The number of benzene rings is 1. The third-order valence-electron chi connectivity index (χ3n) is 2.32. The van der Waals surface area contributed by atoms with Gasteiger partial charge in [-0.1, -0.05) is 19.1 Å². The van der Waals surface area contributed by atoms with E-state index in [4.69, 9.17) is 0 Å². The van der Waals surface area contributed by atoms with E-state index in [0.717, 1.165) is 16.5 Å². The van der Waals surface area contributed by atoms with Gasteiger partial charge in [0, 0.05) is 15.7 Å². The Morgan fingerprint density at radius 2 is 2.21 bits per heavy atom. The van der Waals surface area contributed by atoms with Crippen molar-refractivity contribution in [2.75, 3.05) is 6.26 Å². The fourth-order valence-corrected chi connectivity index (χ4v) is 3.63. The number of aryl methyl sites for hydroxylation is 1. The maximum absolute atomic E-state index is 13.3. The molecule has 2 aromatic rings. The molecule has 1 aromatic heterocycles. The predicted octanol–water partition coefficient (Wildman–Crippen LogP) is 4.32. The number of hydrogen-bond acceptors (Lipinski definition) is 2. The van der Waals surface area contributed by atoms with Gasteiger partial charge in [-0.05, 0) is 18.2 Å². The summed E-state index contributed by atoms with van der Waals surface area (Å²) in [5, 5.41) is 2.35. The van der Waals surface area contributed by atoms with Crippen LogP contribution < -0.4 is 0 Å². The van der Waals surface area contributed by atoms with Gasteiger partial charge in [-0.15, -0.1) is 23.1 Å². The van der Waals surface area contributed by atoms with Gasteiger partial charge in [0.25, 0.3) is 0 Å². The van der Waals surface area contributed by atoms with Crippen LogP contribution in [0.1, 0.15) is 12.5 Å². The Hall–Kier alpha value is -0.540. The molecule has 3 heteroatoms. The standard InChI is InChI=1S/C11H11FS2/c1-3-7-4-5-8-9(12)6-14-11(8)10(7)13-2/h4-6H,3H2,1-2H3. The van der Waals surface area contributed by atoms with Crippen molar-refractivity contribution in [3.05, 3.63) is 28.9 Å². The van der Waals surface area contributed by atoms with E-state index in [1.165, 1.54) is 21.8 Å². The highest BCUT2D eigenvalue weighted by molar-refractivity contribution is 7.99. The van der Waals surface area contributed by atoms with E-state index in [-0.39, 0.29) is 5.82 Å². The first-order valence-corrected chi connectivity index (χ1v) is 6.61. The average Bonchev–Trinajstić information content (AvgIpc) is 2.59. The molecule has 0 amide bonds. The average molecular weight is 226 g/mol. The normalized spacial score (nSPS) is 11.1. The Morgan fingerprint density at radius 3 is 2.86 bits per heavy atom. The lowest BCUT2D eigenvalue weighted by molar-refractivity contribution is 0.644. The molecule has 0 bridgehead atoms. The first-order chi connectivity index (χ1) is 6.77. The van der Waals surface area contributed by atoms with E-state index in [0.29, 0.717) is 0 Å². The third-order valence-corrected chi connectivity index (χ3v) is 4.30. The Bertz CT molecular complexity index is 460. The Kier molecular flexibility index (Phi) is 2.79. The summed E-state index contributed by atoms with van der Waals surface area (Å²) in [5.74, 6) is -0.0945. The zero-order valence-corrected chi connectivity index (χ0v) is 9.77. The van der Waals surface area contributed by atoms with Crippen LogP contribution in [-0.2, 0) is 6.42 Å². The maximum atomic E-state index is 13.3. The van der Waals surface area contributed by atoms with Crippen molar-refractivity contribution in [1.29, 1.82) is 0 Å². The van der Waals surface area contributed by atoms with Crippen LogP contribution in [0, 0.1) is 5.82 Å². The number of rotatable bonds is 2. The van der Waals surface area contributed by atoms with E-state index in [1.54, 1.807) is 17.1 Å². The van der Waals surface area contributed by atoms with Crippen LogP contribution in [0.2, 0.25) is 0 Å². The minimum Gasteiger partial charge on any atom is -0.205 e. The third kappa shape index (κ3) is 1.44. The molecule has 14 heavy (non-hydrogen) atoms. The van der Waals surface area contributed by atoms with Crippen molar-refractivity contribution in [2.24, 2.45) is 0 Å². The Labute approximate surface area is 91.1 Å². The molecule has 0 aliphatic heterocycles. The first kappa shape index (κ1) is 9.99. The molecule has 0 spiro atoms. The summed E-state index contributed by atoms with van der Waals surface area (Å²) in [6.07, 6.45) is 3.05. The summed E-state index contributed by atoms with van der Waals surface area (Å²) in [4.78, 5) is 1.24. The molecule has 0 fully saturated rings. The number of halogens is 1. The number of fused-ring (bicyclic) bond motifs is 1. The fraction of sp³-hybridized carbons (Fsp3) is 0.273. The van der Waals surface area contributed by atoms with Crippen molar-refractivity contribution in [1.82, 2.24) is 0 Å². The molecule has 1 heterocycles. The zero-order valence-electron chi connectivity index (χ0n) is 8.13. The Balaban J connectivity index is 2.77. The summed E-state index contributed by atoms with van der Waals surface area (Å²) in [5.41, 5.74) is 1.31. The van der Waals surface area contributed by atoms with E-state index < -0.39 is 0 Å². The summed E-state index contributed by atoms with van der Waals surface area (Å²) in [6, 6.07) is 3.92. The largest absolute Gasteiger partial charge is 0.205 e. The summed E-state index contributed by atoms with van der Waals surface area (Å²) < 4.78 is 14.4. The second kappa shape index (κ2) is 3.91. The van der Waals surface area contributed by atoms with Gasteiger partial charge in [0.05, 0.1) is 4.70 Å². The minimum atomic E-state index is -0.0945. The van der Waals surface area contributed by atoms with Crippen LogP contribution in [-0.4, -0.2) is 6.26 Å². The molecular weight excluding hydrogens is 215 g/mol. The van der Waals surface area contributed by atoms with Crippen LogP contribution in [0.3, 0.4) is 0 Å². The van der Waals surface area contributed by atoms with Crippen molar-refractivity contribution < 1.29 is 4.39 Å². The lowest BCUT2D eigenvalue weighted by Gasteiger charge is -2.05. The van der Waals surface area contributed by atoms with Gasteiger partial charge >= 0.3 is 0 Å². The zero-order chi connectivity index (χ0) is 10.1. The number of thioether (sulfide) groups is 1. The molecule has 0 unspecified atom stereocenters. The van der Waals surface area contributed by atoms with Gasteiger partial charge in [0.2, 0.25) is 0 Å². The van der Waals surface area contributed by atoms with Crippen molar-refractivity contribution in [3.8, 4) is 0 Å². The molecule has 1 aromatic carbocycles. The second-order valence-corrected chi connectivity index (χ2v) is 4.77. The van der Waals surface area contributed by atoms with Crippen LogP contribution in [0.4, 0.5) is 4.39 Å². The number of thiophene rings is 1. The van der Waals surface area contributed by atoms with Crippen molar-refractivity contribution >= 4 is 33.2 Å². The monoisotopic (exact) mass is 226 g/mol. The van der Waals surface area contributed by atoms with Gasteiger partial charge in [0.1, 0.15) is 5.82 Å². The van der Waals surface area contributed by atoms with Crippen LogP contribution in [0.25, 0.3) is 10.1 Å². The van der Waals surface area contributed by atoms with Gasteiger partial charge in [-0.25, -0.2) is 4.39 Å². The summed E-state index contributed by atoms with van der Waals surface area (Å²) in [6.45, 7) is 2.13. The highest BCUT2D eigenvalue weighted by Crippen LogP contribution is 2.35. The second-order valence-electron chi connectivity index (χ2n) is 3.07. The van der Waals surface area contributed by atoms with E-state index >= 15 is 0 Å². The quantitative estimate of drug-likeness (QED) is 0.687. The fourth-order valence-electron chi connectivity index (χ4n) is 1.58. The van der Waals surface area contributed by atoms with Crippen molar-refractivity contribution in [3.63, 3.8) is 0 Å². The van der Waals surface area contributed by atoms with Crippen molar-refractivity contribution in [2.45, 2.75) is 18.2 Å². The Morgan fingerprint density at radius 1 is 1.43 bits per heavy atom. The summed E-state index contributed by atoms with van der Waals surface area (Å²) in [7, 11) is 0. The van der Waals surface area contributed by atoms with Crippen LogP contribution in [0.5, 0.6) is 0 Å². The lowest BCUT2D eigenvalue weighted by Crippen LogP contribution is -1.84. The molecule has 0 N–H and O–H groups in total. The molecule has 0 aliphatic rings. The van der Waals surface area contributed by atoms with E-state index in [1.807, 2.05) is 18.4 Å². The molecule has 0 saturated heterocycles. The molecule has 0 nitrogen and oxygen atoms in total. The highest BCUT2D eigenvalue weighted by atomic mass is 32.2. The summed E-state index contributed by atoms with van der Waals surface area (Å²) >= 11 is 3.21. The van der Waals surface area contributed by atoms with E-state index in [2.05, 4.69) is 6.92 Å². The van der Waals surface area contributed by atoms with Gasteiger partial charge in [0.15, 0.2) is 0 Å². The number of hydrogen-bond donors (Lipinski definition) is 0. The van der Waals surface area contributed by atoms with E-state index in [9.17, 15) is 4.39 Å². The maximum Gasteiger partial charge on any atom is 0.141 e. The molecule has 0 aliphatic carbocycles. The predicted molar refractivity (Wildman–Crippen MR) is 62.9 cm³/mol. The SMILES string of the molecule is CCc1ccc2c(F)csc2c1SC. The van der Waals surface area contributed by atoms with Gasteiger partial charge in [-0.3, -0.25) is 0 Å².